The van der Waals surface area contributed by atoms with Crippen LogP contribution in [-0.2, 0) is 32.1 Å². The van der Waals surface area contributed by atoms with Gasteiger partial charge in [0, 0.05) is 32.0 Å². The number of methoxy groups -OCH3 is 1. The summed E-state index contributed by atoms with van der Waals surface area (Å²) in [7, 11) is 3.23. The van der Waals surface area contributed by atoms with Gasteiger partial charge in [-0.15, -0.1) is 11.3 Å². The summed E-state index contributed by atoms with van der Waals surface area (Å²) >= 11 is 1.42. The lowest BCUT2D eigenvalue weighted by atomic mass is 10.0. The summed E-state index contributed by atoms with van der Waals surface area (Å²) in [5.41, 5.74) is 2.35. The van der Waals surface area contributed by atoms with Crippen LogP contribution < -0.4 is 4.90 Å². The molecule has 0 N–H and O–H groups in total. The summed E-state index contributed by atoms with van der Waals surface area (Å²) in [6.07, 6.45) is 0.513. The lowest BCUT2D eigenvalue weighted by Crippen LogP contribution is -2.42. The largest absolute Gasteiger partial charge is 0.383 e. The van der Waals surface area contributed by atoms with Crippen molar-refractivity contribution in [2.75, 3.05) is 45.3 Å². The maximum atomic E-state index is 13.0. The molecule has 0 fully saturated rings. The molecule has 0 aromatic carbocycles. The fraction of sp³-hybridized carbons (Fsp3) is 0.579. The molecule has 0 aliphatic carbocycles. The molecule has 3 amide bonds. The highest BCUT2D eigenvalue weighted by Gasteiger charge is 2.39. The molecule has 4 heterocycles. The molecule has 0 spiro atoms. The number of rotatable bonds is 4. The highest BCUT2D eigenvalue weighted by molar-refractivity contribution is 7.17. The number of hydrogen-bond acceptors (Lipinski definition) is 7. The van der Waals surface area contributed by atoms with Crippen molar-refractivity contribution in [1.82, 2.24) is 9.80 Å². The van der Waals surface area contributed by atoms with Crippen LogP contribution in [0, 0.1) is 0 Å². The van der Waals surface area contributed by atoms with E-state index < -0.39 is 6.10 Å². The SMILES string of the molecule is COCCN1C(=O)CN(C)C(=O)c2c1sc1c2CCN(C(=O)C2CC(C)=NO2)C1. The maximum absolute atomic E-state index is 13.0. The zero-order valence-corrected chi connectivity index (χ0v) is 17.6. The molecular formula is C19H24N4O5S. The van der Waals surface area contributed by atoms with Crippen LogP contribution in [-0.4, -0.2) is 79.7 Å². The third-order valence-corrected chi connectivity index (χ3v) is 6.68. The zero-order chi connectivity index (χ0) is 20.7. The molecule has 0 saturated carbocycles. The summed E-state index contributed by atoms with van der Waals surface area (Å²) in [4.78, 5) is 49.6. The third-order valence-electron chi connectivity index (χ3n) is 5.44. The predicted octanol–water partition coefficient (Wildman–Crippen LogP) is 0.863. The first kappa shape index (κ1) is 19.8. The molecule has 1 aromatic heterocycles. The van der Waals surface area contributed by atoms with Crippen molar-refractivity contribution in [2.45, 2.75) is 32.4 Å². The second-order valence-corrected chi connectivity index (χ2v) is 8.60. The predicted molar refractivity (Wildman–Crippen MR) is 107 cm³/mol. The fourth-order valence-corrected chi connectivity index (χ4v) is 5.29. The van der Waals surface area contributed by atoms with Gasteiger partial charge < -0.3 is 19.4 Å². The van der Waals surface area contributed by atoms with E-state index in [1.165, 1.54) is 16.2 Å². The molecule has 0 saturated heterocycles. The molecular weight excluding hydrogens is 396 g/mol. The first-order chi connectivity index (χ1) is 13.9. The van der Waals surface area contributed by atoms with Crippen LogP contribution in [0.3, 0.4) is 0 Å². The Kier molecular flexibility index (Phi) is 5.30. The Labute approximate surface area is 172 Å². The van der Waals surface area contributed by atoms with Crippen LogP contribution >= 0.6 is 11.3 Å². The topological polar surface area (TPSA) is 91.8 Å². The molecule has 29 heavy (non-hydrogen) atoms. The number of anilines is 1. The number of fused-ring (bicyclic) bond motifs is 3. The average molecular weight is 420 g/mol. The Morgan fingerprint density at radius 2 is 2.14 bits per heavy atom. The van der Waals surface area contributed by atoms with Gasteiger partial charge >= 0.3 is 0 Å². The quantitative estimate of drug-likeness (QED) is 0.721. The van der Waals surface area contributed by atoms with Gasteiger partial charge in [-0.1, -0.05) is 5.16 Å². The number of amides is 3. The van der Waals surface area contributed by atoms with E-state index in [4.69, 9.17) is 9.57 Å². The van der Waals surface area contributed by atoms with E-state index in [1.807, 2.05) is 6.92 Å². The number of nitrogens with zero attached hydrogens (tertiary/aromatic N) is 4. The normalized spacial score (nSPS) is 21.6. The number of carbonyl (C=O) groups is 3. The van der Waals surface area contributed by atoms with E-state index in [2.05, 4.69) is 5.16 Å². The van der Waals surface area contributed by atoms with Crippen molar-refractivity contribution in [1.29, 1.82) is 0 Å². The van der Waals surface area contributed by atoms with Gasteiger partial charge in [0.15, 0.2) is 0 Å². The number of carbonyl (C=O) groups excluding carboxylic acids is 3. The van der Waals surface area contributed by atoms with Gasteiger partial charge in [-0.3, -0.25) is 19.3 Å². The van der Waals surface area contributed by atoms with E-state index in [9.17, 15) is 14.4 Å². The fourth-order valence-electron chi connectivity index (χ4n) is 3.89. The zero-order valence-electron chi connectivity index (χ0n) is 16.8. The van der Waals surface area contributed by atoms with E-state index >= 15 is 0 Å². The third kappa shape index (κ3) is 3.51. The van der Waals surface area contributed by atoms with Gasteiger partial charge in [0.2, 0.25) is 12.0 Å². The van der Waals surface area contributed by atoms with Crippen LogP contribution in [0.1, 0.15) is 34.1 Å². The monoisotopic (exact) mass is 420 g/mol. The summed E-state index contributed by atoms with van der Waals surface area (Å²) in [5.74, 6) is -0.362. The molecule has 1 unspecified atom stereocenters. The Hall–Kier alpha value is -2.46. The Balaban J connectivity index is 1.63. The van der Waals surface area contributed by atoms with E-state index in [0.29, 0.717) is 49.6 Å². The minimum Gasteiger partial charge on any atom is -0.383 e. The summed E-state index contributed by atoms with van der Waals surface area (Å²) in [6.45, 7) is 3.57. The molecule has 3 aliphatic heterocycles. The van der Waals surface area contributed by atoms with Crippen molar-refractivity contribution in [3.05, 3.63) is 16.0 Å². The molecule has 10 heteroatoms. The summed E-state index contributed by atoms with van der Waals surface area (Å²) < 4.78 is 5.15. The second kappa shape index (κ2) is 7.75. The highest BCUT2D eigenvalue weighted by Crippen LogP contribution is 2.41. The maximum Gasteiger partial charge on any atom is 0.267 e. The molecule has 1 aromatic rings. The molecule has 0 radical (unpaired) electrons. The molecule has 0 bridgehead atoms. The number of thiophene rings is 1. The van der Waals surface area contributed by atoms with Crippen LogP contribution in [0.15, 0.2) is 5.16 Å². The van der Waals surface area contributed by atoms with Crippen molar-refractivity contribution in [3.63, 3.8) is 0 Å². The number of ether oxygens (including phenoxy) is 1. The van der Waals surface area contributed by atoms with Crippen molar-refractivity contribution in [2.24, 2.45) is 5.16 Å². The van der Waals surface area contributed by atoms with Crippen molar-refractivity contribution >= 4 is 39.8 Å². The van der Waals surface area contributed by atoms with Gasteiger partial charge in [-0.25, -0.2) is 0 Å². The van der Waals surface area contributed by atoms with Crippen LogP contribution in [0.4, 0.5) is 5.00 Å². The molecule has 4 rings (SSSR count). The van der Waals surface area contributed by atoms with Gasteiger partial charge in [-0.2, -0.15) is 0 Å². The smallest absolute Gasteiger partial charge is 0.267 e. The highest BCUT2D eigenvalue weighted by atomic mass is 32.1. The lowest BCUT2D eigenvalue weighted by Gasteiger charge is -2.29. The minimum atomic E-state index is -0.568. The minimum absolute atomic E-state index is 0.0434. The van der Waals surface area contributed by atoms with E-state index in [-0.39, 0.29) is 24.3 Å². The molecule has 9 nitrogen and oxygen atoms in total. The molecule has 3 aliphatic rings. The summed E-state index contributed by atoms with van der Waals surface area (Å²) in [5, 5.41) is 4.54. The van der Waals surface area contributed by atoms with E-state index in [0.717, 1.165) is 16.2 Å². The van der Waals surface area contributed by atoms with Crippen LogP contribution in [0.5, 0.6) is 0 Å². The first-order valence-electron chi connectivity index (χ1n) is 9.58. The van der Waals surface area contributed by atoms with Crippen LogP contribution in [0.25, 0.3) is 0 Å². The van der Waals surface area contributed by atoms with Gasteiger partial charge in [-0.05, 0) is 18.9 Å². The standard InChI is InChI=1S/C19H24N4O5S/c1-11-8-13(28-20-11)17(25)22-5-4-12-14(9-22)29-19-16(12)18(26)21(2)10-15(24)23(19)6-7-27-3/h13H,4-10H2,1-3H3. The van der Waals surface area contributed by atoms with Crippen molar-refractivity contribution in [3.8, 4) is 0 Å². The second-order valence-electron chi connectivity index (χ2n) is 7.52. The van der Waals surface area contributed by atoms with Gasteiger partial charge in [0.25, 0.3) is 11.8 Å². The number of oxime groups is 1. The average Bonchev–Trinajstić information content (AvgIpc) is 3.28. The van der Waals surface area contributed by atoms with Crippen molar-refractivity contribution < 1.29 is 24.0 Å². The lowest BCUT2D eigenvalue weighted by molar-refractivity contribution is -0.143. The molecule has 1 atom stereocenters. The molecule has 156 valence electrons. The Bertz CT molecular complexity index is 895. The number of hydrogen-bond donors (Lipinski definition) is 0. The first-order valence-corrected chi connectivity index (χ1v) is 10.4. The van der Waals surface area contributed by atoms with E-state index in [1.54, 1.807) is 24.0 Å². The van der Waals surface area contributed by atoms with Gasteiger partial charge in [0.05, 0.1) is 31.0 Å². The van der Waals surface area contributed by atoms with Gasteiger partial charge in [0.1, 0.15) is 11.5 Å². The Morgan fingerprint density at radius 1 is 1.34 bits per heavy atom. The Morgan fingerprint density at radius 3 is 2.83 bits per heavy atom. The number of likely N-dealkylation sites (N-methyl/N-ethyl adjacent to an activating group) is 1. The van der Waals surface area contributed by atoms with Crippen LogP contribution in [0.2, 0.25) is 0 Å². The summed E-state index contributed by atoms with van der Waals surface area (Å²) in [6, 6.07) is 0.